The zero-order chi connectivity index (χ0) is 8.39. The van der Waals surface area contributed by atoms with E-state index in [1.54, 1.807) is 0 Å². The number of anilines is 1. The average Bonchev–Trinajstić information content (AvgIpc) is 2.81. The highest BCUT2D eigenvalue weighted by atomic mass is 35.5. The Bertz CT molecular complexity index is 259. The van der Waals surface area contributed by atoms with Crippen molar-refractivity contribution >= 4 is 17.6 Å². The van der Waals surface area contributed by atoms with Gasteiger partial charge in [0.05, 0.1) is 0 Å². The summed E-state index contributed by atoms with van der Waals surface area (Å²) in [5.74, 6) is 1.55. The average molecular weight is 188 g/mol. The third-order valence-corrected chi connectivity index (χ3v) is 2.05. The van der Waals surface area contributed by atoms with E-state index in [-0.39, 0.29) is 5.88 Å². The molecule has 1 aromatic heterocycles. The fourth-order valence-electron chi connectivity index (χ4n) is 0.933. The minimum atomic E-state index is 0.276. The van der Waals surface area contributed by atoms with E-state index in [1.807, 2.05) is 0 Å². The fraction of sp³-hybridized carbons (Fsp3) is 0.714. The molecule has 1 N–H and O–H groups in total. The Hall–Kier alpha value is -0.770. The number of nitrogens with zero attached hydrogens (tertiary/aromatic N) is 2. The lowest BCUT2D eigenvalue weighted by Crippen LogP contribution is -2.02. The van der Waals surface area contributed by atoms with Crippen LogP contribution in [0, 0.1) is 5.92 Å². The highest BCUT2D eigenvalue weighted by Gasteiger charge is 2.21. The van der Waals surface area contributed by atoms with Crippen LogP contribution in [0.4, 0.5) is 6.01 Å². The van der Waals surface area contributed by atoms with Gasteiger partial charge in [-0.05, 0) is 18.8 Å². The maximum atomic E-state index is 5.49. The van der Waals surface area contributed by atoms with Crippen LogP contribution >= 0.6 is 11.6 Å². The topological polar surface area (TPSA) is 51.0 Å². The molecule has 12 heavy (non-hydrogen) atoms. The first-order valence-corrected chi connectivity index (χ1v) is 4.54. The lowest BCUT2D eigenvalue weighted by Gasteiger charge is -1.95. The first kappa shape index (κ1) is 7.86. The first-order chi connectivity index (χ1) is 5.88. The summed E-state index contributed by atoms with van der Waals surface area (Å²) in [6.45, 7) is 0.934. The number of halogens is 1. The summed E-state index contributed by atoms with van der Waals surface area (Å²) in [6.07, 6.45) is 2.62. The standard InChI is InChI=1S/C7H10ClN3O/c8-3-6-10-11-7(12-6)9-4-5-1-2-5/h5H,1-4H2,(H,9,11). The van der Waals surface area contributed by atoms with Gasteiger partial charge in [0.2, 0.25) is 5.89 Å². The SMILES string of the molecule is ClCc1nnc(NCC2CC2)o1. The second kappa shape index (κ2) is 3.31. The summed E-state index contributed by atoms with van der Waals surface area (Å²) in [5, 5.41) is 10.6. The predicted octanol–water partition coefficient (Wildman–Crippen LogP) is 1.63. The highest BCUT2D eigenvalue weighted by Crippen LogP contribution is 2.28. The van der Waals surface area contributed by atoms with Crippen molar-refractivity contribution in [2.24, 2.45) is 5.92 Å². The van der Waals surface area contributed by atoms with Crippen molar-refractivity contribution in [2.75, 3.05) is 11.9 Å². The van der Waals surface area contributed by atoms with Crippen LogP contribution < -0.4 is 5.32 Å². The van der Waals surface area contributed by atoms with E-state index in [2.05, 4.69) is 15.5 Å². The van der Waals surface area contributed by atoms with Crippen LogP contribution in [-0.4, -0.2) is 16.7 Å². The number of alkyl halides is 1. The van der Waals surface area contributed by atoms with Crippen molar-refractivity contribution in [3.8, 4) is 0 Å². The molecular weight excluding hydrogens is 178 g/mol. The predicted molar refractivity (Wildman–Crippen MR) is 45.1 cm³/mol. The fourth-order valence-corrected chi connectivity index (χ4v) is 1.04. The van der Waals surface area contributed by atoms with Crippen molar-refractivity contribution in [3.63, 3.8) is 0 Å². The molecule has 0 spiro atoms. The molecule has 4 nitrogen and oxygen atoms in total. The molecule has 0 radical (unpaired) electrons. The first-order valence-electron chi connectivity index (χ1n) is 4.00. The lowest BCUT2D eigenvalue weighted by molar-refractivity contribution is 0.524. The molecule has 66 valence electrons. The maximum Gasteiger partial charge on any atom is 0.315 e. The molecule has 0 amide bonds. The highest BCUT2D eigenvalue weighted by molar-refractivity contribution is 6.16. The summed E-state index contributed by atoms with van der Waals surface area (Å²) in [5.41, 5.74) is 0. The number of rotatable bonds is 4. The minimum absolute atomic E-state index is 0.276. The summed E-state index contributed by atoms with van der Waals surface area (Å²) in [7, 11) is 0. The van der Waals surface area contributed by atoms with Crippen LogP contribution in [-0.2, 0) is 5.88 Å². The molecule has 5 heteroatoms. The molecular formula is C7H10ClN3O. The Morgan fingerprint density at radius 3 is 2.92 bits per heavy atom. The molecule has 0 atom stereocenters. The van der Waals surface area contributed by atoms with Crippen molar-refractivity contribution < 1.29 is 4.42 Å². The van der Waals surface area contributed by atoms with Gasteiger partial charge in [-0.1, -0.05) is 5.10 Å². The van der Waals surface area contributed by atoms with E-state index in [1.165, 1.54) is 12.8 Å². The Morgan fingerprint density at radius 1 is 1.50 bits per heavy atom. The zero-order valence-electron chi connectivity index (χ0n) is 6.59. The molecule has 1 aromatic rings. The molecule has 0 aromatic carbocycles. The van der Waals surface area contributed by atoms with Crippen LogP contribution in [0.3, 0.4) is 0 Å². The molecule has 2 rings (SSSR count). The molecule has 0 unspecified atom stereocenters. The number of nitrogens with one attached hydrogen (secondary N) is 1. The third kappa shape index (κ3) is 1.88. The van der Waals surface area contributed by atoms with Gasteiger partial charge >= 0.3 is 6.01 Å². The van der Waals surface area contributed by atoms with E-state index in [0.717, 1.165) is 12.5 Å². The Kier molecular flexibility index (Phi) is 2.17. The number of hydrogen-bond acceptors (Lipinski definition) is 4. The normalized spacial score (nSPS) is 16.4. The summed E-state index contributed by atoms with van der Waals surface area (Å²) in [4.78, 5) is 0. The number of aromatic nitrogens is 2. The van der Waals surface area contributed by atoms with E-state index in [0.29, 0.717) is 11.9 Å². The molecule has 0 bridgehead atoms. The summed E-state index contributed by atoms with van der Waals surface area (Å²) >= 11 is 5.49. The minimum Gasteiger partial charge on any atom is -0.407 e. The Labute approximate surface area is 75.3 Å². The summed E-state index contributed by atoms with van der Waals surface area (Å²) in [6, 6.07) is 0.484. The molecule has 1 saturated carbocycles. The second-order valence-electron chi connectivity index (χ2n) is 2.96. The van der Waals surface area contributed by atoms with Crippen LogP contribution in [0.1, 0.15) is 18.7 Å². The largest absolute Gasteiger partial charge is 0.407 e. The van der Waals surface area contributed by atoms with E-state index < -0.39 is 0 Å². The third-order valence-electron chi connectivity index (χ3n) is 1.82. The molecule has 1 aliphatic carbocycles. The Morgan fingerprint density at radius 2 is 2.33 bits per heavy atom. The van der Waals surface area contributed by atoms with Crippen molar-refractivity contribution in [2.45, 2.75) is 18.7 Å². The lowest BCUT2D eigenvalue weighted by atomic mass is 10.4. The van der Waals surface area contributed by atoms with Crippen LogP contribution in [0.25, 0.3) is 0 Å². The Balaban J connectivity index is 1.84. The smallest absolute Gasteiger partial charge is 0.315 e. The van der Waals surface area contributed by atoms with Crippen LogP contribution in [0.2, 0.25) is 0 Å². The zero-order valence-corrected chi connectivity index (χ0v) is 7.34. The van der Waals surface area contributed by atoms with Gasteiger partial charge in [0.25, 0.3) is 0 Å². The van der Waals surface area contributed by atoms with Gasteiger partial charge in [0, 0.05) is 6.54 Å². The van der Waals surface area contributed by atoms with Gasteiger partial charge in [0.1, 0.15) is 5.88 Å². The van der Waals surface area contributed by atoms with Crippen molar-refractivity contribution in [1.29, 1.82) is 0 Å². The molecule has 1 fully saturated rings. The van der Waals surface area contributed by atoms with Gasteiger partial charge in [0.15, 0.2) is 0 Å². The van der Waals surface area contributed by atoms with Gasteiger partial charge in [-0.25, -0.2) is 0 Å². The van der Waals surface area contributed by atoms with Crippen LogP contribution in [0.15, 0.2) is 4.42 Å². The van der Waals surface area contributed by atoms with Crippen LogP contribution in [0.5, 0.6) is 0 Å². The van der Waals surface area contributed by atoms with Crippen molar-refractivity contribution in [3.05, 3.63) is 5.89 Å². The van der Waals surface area contributed by atoms with Gasteiger partial charge in [-0.2, -0.15) is 0 Å². The quantitative estimate of drug-likeness (QED) is 0.728. The van der Waals surface area contributed by atoms with E-state index >= 15 is 0 Å². The second-order valence-corrected chi connectivity index (χ2v) is 3.23. The van der Waals surface area contributed by atoms with Gasteiger partial charge in [-0.3, -0.25) is 0 Å². The maximum absolute atomic E-state index is 5.49. The van der Waals surface area contributed by atoms with Gasteiger partial charge in [-0.15, -0.1) is 16.7 Å². The molecule has 0 aliphatic heterocycles. The molecule has 1 heterocycles. The van der Waals surface area contributed by atoms with Gasteiger partial charge < -0.3 is 9.73 Å². The van der Waals surface area contributed by atoms with E-state index in [4.69, 9.17) is 16.0 Å². The van der Waals surface area contributed by atoms with E-state index in [9.17, 15) is 0 Å². The monoisotopic (exact) mass is 187 g/mol. The molecule has 1 aliphatic rings. The summed E-state index contributed by atoms with van der Waals surface area (Å²) < 4.78 is 5.15. The number of hydrogen-bond donors (Lipinski definition) is 1. The van der Waals surface area contributed by atoms with Crippen molar-refractivity contribution in [1.82, 2.24) is 10.2 Å². The molecule has 0 saturated heterocycles.